The molecule has 1 unspecified atom stereocenters. The van der Waals surface area contributed by atoms with Crippen LogP contribution >= 0.6 is 15.9 Å². The van der Waals surface area contributed by atoms with Crippen molar-refractivity contribution in [3.63, 3.8) is 0 Å². The summed E-state index contributed by atoms with van der Waals surface area (Å²) < 4.78 is 1.07. The summed E-state index contributed by atoms with van der Waals surface area (Å²) in [5.41, 5.74) is 1.72. The van der Waals surface area contributed by atoms with Crippen LogP contribution in [0.1, 0.15) is 18.1 Å². The Labute approximate surface area is 116 Å². The number of halogens is 1. The fourth-order valence-electron chi connectivity index (χ4n) is 2.02. The van der Waals surface area contributed by atoms with Gasteiger partial charge in [0.15, 0.2) is 0 Å². The number of benzene rings is 2. The third kappa shape index (κ3) is 2.63. The second kappa shape index (κ2) is 5.37. The lowest BCUT2D eigenvalue weighted by molar-refractivity contribution is 0.584. The molecule has 0 bridgehead atoms. The van der Waals surface area contributed by atoms with E-state index in [2.05, 4.69) is 26.8 Å². The highest BCUT2D eigenvalue weighted by Crippen LogP contribution is 2.32. The summed E-state index contributed by atoms with van der Waals surface area (Å²) in [6.45, 7) is 9.52. The molecule has 1 nitrogen and oxygen atoms in total. The van der Waals surface area contributed by atoms with Crippen molar-refractivity contribution in [3.8, 4) is 0 Å². The normalized spacial score (nSPS) is 13.6. The Morgan fingerprint density at radius 3 is 2.28 bits per heavy atom. The second-order valence-corrected chi connectivity index (χ2v) is 5.37. The summed E-state index contributed by atoms with van der Waals surface area (Å²) in [6.07, 6.45) is 0.710. The molecule has 2 heteroatoms. The molecule has 0 aliphatic rings. The van der Waals surface area contributed by atoms with Gasteiger partial charge in [-0.15, -0.1) is 0 Å². The smallest absolute Gasteiger partial charge is 0.258 e. The number of hydrogen-bond acceptors (Lipinski definition) is 0. The predicted octanol–water partition coefficient (Wildman–Crippen LogP) is 4.83. The summed E-state index contributed by atoms with van der Waals surface area (Å²) >= 11 is 3.55. The Hall–Kier alpha value is -1.59. The maximum absolute atomic E-state index is 7.52. The highest BCUT2D eigenvalue weighted by molar-refractivity contribution is 9.10. The molecule has 0 radical (unpaired) electrons. The molecule has 0 aromatic heterocycles. The van der Waals surface area contributed by atoms with E-state index in [1.807, 2.05) is 55.5 Å². The first kappa shape index (κ1) is 12.9. The minimum absolute atomic E-state index is 0.509. The molecule has 0 saturated heterocycles. The monoisotopic (exact) mass is 299 g/mol. The quantitative estimate of drug-likeness (QED) is 0.715. The first-order valence-corrected chi connectivity index (χ1v) is 6.62. The average molecular weight is 300 g/mol. The Morgan fingerprint density at radius 2 is 1.67 bits per heavy atom. The van der Waals surface area contributed by atoms with Gasteiger partial charge in [-0.05, 0) is 11.6 Å². The summed E-state index contributed by atoms with van der Waals surface area (Å²) in [5.74, 6) is 0. The molecule has 2 aromatic rings. The van der Waals surface area contributed by atoms with Gasteiger partial charge in [0.1, 0.15) is 0 Å². The molecule has 0 amide bonds. The highest BCUT2D eigenvalue weighted by Gasteiger charge is 2.33. The van der Waals surface area contributed by atoms with Gasteiger partial charge in [-0.3, -0.25) is 0 Å². The first-order valence-electron chi connectivity index (χ1n) is 5.83. The van der Waals surface area contributed by atoms with Crippen molar-refractivity contribution >= 4 is 15.9 Å². The minimum Gasteiger partial charge on any atom is -0.305 e. The third-order valence-electron chi connectivity index (χ3n) is 3.13. The van der Waals surface area contributed by atoms with Gasteiger partial charge >= 0.3 is 0 Å². The number of nitrogens with zero attached hydrogens (tertiary/aromatic N) is 1. The van der Waals surface area contributed by atoms with Gasteiger partial charge in [0.05, 0.1) is 6.42 Å². The Kier molecular flexibility index (Phi) is 3.84. The van der Waals surface area contributed by atoms with E-state index in [1.165, 1.54) is 5.56 Å². The van der Waals surface area contributed by atoms with Crippen molar-refractivity contribution in [3.05, 3.63) is 81.6 Å². The molecule has 2 rings (SSSR count). The van der Waals surface area contributed by atoms with Crippen LogP contribution in [-0.4, -0.2) is 0 Å². The number of hydrogen-bond donors (Lipinski definition) is 0. The predicted molar refractivity (Wildman–Crippen MR) is 78.2 cm³/mol. The van der Waals surface area contributed by atoms with Crippen molar-refractivity contribution in [2.75, 3.05) is 0 Å². The van der Waals surface area contributed by atoms with Gasteiger partial charge in [0.25, 0.3) is 5.54 Å². The minimum atomic E-state index is -0.509. The Bertz CT molecular complexity index is 571. The fourth-order valence-corrected chi connectivity index (χ4v) is 2.44. The summed E-state index contributed by atoms with van der Waals surface area (Å²) in [5, 5.41) is 0. The van der Waals surface area contributed by atoms with Gasteiger partial charge in [-0.1, -0.05) is 64.5 Å². The molecule has 0 saturated carbocycles. The van der Waals surface area contributed by atoms with Crippen LogP contribution in [0.5, 0.6) is 0 Å². The van der Waals surface area contributed by atoms with E-state index in [4.69, 9.17) is 6.57 Å². The molecule has 0 N–H and O–H groups in total. The molecular weight excluding hydrogens is 286 g/mol. The topological polar surface area (TPSA) is 4.36 Å². The lowest BCUT2D eigenvalue weighted by Crippen LogP contribution is -2.20. The highest BCUT2D eigenvalue weighted by atomic mass is 79.9. The Morgan fingerprint density at radius 1 is 1.06 bits per heavy atom. The standard InChI is InChI=1S/C16H14BrN/c1-16(18-2,14-9-4-3-5-10-14)12-13-8-6-7-11-15(13)17/h3-11H,12H2,1H3. The molecule has 90 valence electrons. The SMILES string of the molecule is [C-]#[N+]C(C)(Cc1ccccc1Br)c1ccccc1. The second-order valence-electron chi connectivity index (χ2n) is 4.52. The maximum Gasteiger partial charge on any atom is 0.258 e. The maximum atomic E-state index is 7.52. The zero-order chi connectivity index (χ0) is 13.0. The van der Waals surface area contributed by atoms with Gasteiger partial charge in [0.2, 0.25) is 0 Å². The molecular formula is C16H14BrN. The van der Waals surface area contributed by atoms with Crippen LogP contribution in [0.2, 0.25) is 0 Å². The average Bonchev–Trinajstić information content (AvgIpc) is 2.42. The van der Waals surface area contributed by atoms with Crippen molar-refractivity contribution in [2.45, 2.75) is 18.9 Å². The van der Waals surface area contributed by atoms with Gasteiger partial charge < -0.3 is 4.85 Å². The van der Waals surface area contributed by atoms with Crippen LogP contribution in [0.15, 0.2) is 59.1 Å². The van der Waals surface area contributed by atoms with E-state index in [1.54, 1.807) is 0 Å². The lowest BCUT2D eigenvalue weighted by atomic mass is 9.86. The molecule has 1 atom stereocenters. The largest absolute Gasteiger partial charge is 0.305 e. The molecule has 2 aromatic carbocycles. The summed E-state index contributed by atoms with van der Waals surface area (Å²) in [4.78, 5) is 3.86. The van der Waals surface area contributed by atoms with E-state index < -0.39 is 5.54 Å². The van der Waals surface area contributed by atoms with E-state index in [0.29, 0.717) is 6.42 Å². The van der Waals surface area contributed by atoms with Crippen LogP contribution in [-0.2, 0) is 12.0 Å². The number of rotatable bonds is 3. The van der Waals surface area contributed by atoms with Crippen molar-refractivity contribution < 1.29 is 0 Å². The van der Waals surface area contributed by atoms with Crippen LogP contribution in [0.4, 0.5) is 0 Å². The van der Waals surface area contributed by atoms with E-state index >= 15 is 0 Å². The van der Waals surface area contributed by atoms with E-state index in [0.717, 1.165) is 10.0 Å². The Balaban J connectivity index is 2.36. The van der Waals surface area contributed by atoms with Crippen LogP contribution in [0.25, 0.3) is 4.85 Å². The van der Waals surface area contributed by atoms with E-state index in [-0.39, 0.29) is 0 Å². The summed E-state index contributed by atoms with van der Waals surface area (Å²) in [7, 11) is 0. The van der Waals surface area contributed by atoms with Crippen LogP contribution < -0.4 is 0 Å². The zero-order valence-electron chi connectivity index (χ0n) is 10.2. The molecule has 18 heavy (non-hydrogen) atoms. The van der Waals surface area contributed by atoms with Crippen LogP contribution in [0, 0.1) is 6.57 Å². The first-order chi connectivity index (χ1) is 8.65. The summed E-state index contributed by atoms with van der Waals surface area (Å²) in [6, 6.07) is 18.1. The molecule has 0 fully saturated rings. The molecule has 0 spiro atoms. The van der Waals surface area contributed by atoms with Gasteiger partial charge in [0, 0.05) is 17.0 Å². The van der Waals surface area contributed by atoms with Crippen molar-refractivity contribution in [2.24, 2.45) is 0 Å². The van der Waals surface area contributed by atoms with Gasteiger partial charge in [-0.25, -0.2) is 6.57 Å². The van der Waals surface area contributed by atoms with Crippen molar-refractivity contribution in [1.82, 2.24) is 0 Å². The lowest BCUT2D eigenvalue weighted by Gasteiger charge is -2.18. The van der Waals surface area contributed by atoms with Gasteiger partial charge in [-0.2, -0.15) is 0 Å². The zero-order valence-corrected chi connectivity index (χ0v) is 11.8. The fraction of sp³-hybridized carbons (Fsp3) is 0.188. The van der Waals surface area contributed by atoms with Crippen LogP contribution in [0.3, 0.4) is 0 Å². The van der Waals surface area contributed by atoms with Crippen molar-refractivity contribution in [1.29, 1.82) is 0 Å². The van der Waals surface area contributed by atoms with E-state index in [9.17, 15) is 0 Å². The molecule has 0 heterocycles. The molecule has 0 aliphatic carbocycles. The third-order valence-corrected chi connectivity index (χ3v) is 3.91. The molecule has 0 aliphatic heterocycles.